The molecule has 3 rings (SSSR count). The Balaban J connectivity index is 1.84. The highest BCUT2D eigenvalue weighted by molar-refractivity contribution is 6.17. The Labute approximate surface area is 118 Å². The molecular weight excluding hydrogens is 265 g/mol. The van der Waals surface area contributed by atoms with Gasteiger partial charge in [-0.25, -0.2) is 9.37 Å². The van der Waals surface area contributed by atoms with Gasteiger partial charge in [-0.2, -0.15) is 0 Å². The standard InChI is InChI=1S/C14H19ClFN3/c15-8-11-7-12(16)9-17-14(11)19-6-2-5-18-4-1-3-13(18)10-19/h7,9,13H,1-6,8,10H2. The zero-order valence-corrected chi connectivity index (χ0v) is 11.7. The van der Waals surface area contributed by atoms with Crippen LogP contribution in [0, 0.1) is 5.82 Å². The number of halogens is 2. The Morgan fingerprint density at radius 2 is 2.16 bits per heavy atom. The van der Waals surface area contributed by atoms with Gasteiger partial charge in [0.2, 0.25) is 0 Å². The Kier molecular flexibility index (Phi) is 3.89. The minimum Gasteiger partial charge on any atom is -0.355 e. The molecule has 3 nitrogen and oxygen atoms in total. The Morgan fingerprint density at radius 1 is 1.32 bits per heavy atom. The van der Waals surface area contributed by atoms with Crippen LogP contribution in [-0.4, -0.2) is 42.1 Å². The first-order valence-electron chi connectivity index (χ1n) is 6.97. The Bertz CT molecular complexity index is 454. The lowest BCUT2D eigenvalue weighted by atomic mass is 10.2. The molecule has 0 bridgehead atoms. The van der Waals surface area contributed by atoms with E-state index in [4.69, 9.17) is 11.6 Å². The fourth-order valence-electron chi connectivity index (χ4n) is 3.26. The van der Waals surface area contributed by atoms with E-state index in [0.29, 0.717) is 11.9 Å². The highest BCUT2D eigenvalue weighted by Crippen LogP contribution is 2.26. The molecule has 0 aromatic carbocycles. The quantitative estimate of drug-likeness (QED) is 0.778. The summed E-state index contributed by atoms with van der Waals surface area (Å²) in [5.41, 5.74) is 0.799. The monoisotopic (exact) mass is 283 g/mol. The highest BCUT2D eigenvalue weighted by Gasteiger charge is 2.29. The van der Waals surface area contributed by atoms with Crippen LogP contribution in [0.15, 0.2) is 12.3 Å². The molecular formula is C14H19ClFN3. The van der Waals surface area contributed by atoms with Crippen LogP contribution in [0.1, 0.15) is 24.8 Å². The van der Waals surface area contributed by atoms with Crippen LogP contribution in [0.5, 0.6) is 0 Å². The normalized spacial score (nSPS) is 24.3. The first-order valence-corrected chi connectivity index (χ1v) is 7.51. The Morgan fingerprint density at radius 3 is 3.00 bits per heavy atom. The fourth-order valence-corrected chi connectivity index (χ4v) is 3.45. The van der Waals surface area contributed by atoms with Crippen molar-refractivity contribution in [3.05, 3.63) is 23.6 Å². The maximum Gasteiger partial charge on any atom is 0.141 e. The SMILES string of the molecule is Fc1cnc(N2CCCN3CCCC3C2)c(CCl)c1. The lowest BCUT2D eigenvalue weighted by Gasteiger charge is -2.27. The smallest absolute Gasteiger partial charge is 0.141 e. The summed E-state index contributed by atoms with van der Waals surface area (Å²) in [4.78, 5) is 9.13. The average molecular weight is 284 g/mol. The molecule has 0 aliphatic carbocycles. The second-order valence-electron chi connectivity index (χ2n) is 5.40. The van der Waals surface area contributed by atoms with E-state index in [-0.39, 0.29) is 5.82 Å². The molecule has 2 aliphatic heterocycles. The molecule has 1 aromatic rings. The van der Waals surface area contributed by atoms with Crippen LogP contribution in [0.2, 0.25) is 0 Å². The summed E-state index contributed by atoms with van der Waals surface area (Å²) in [5.74, 6) is 0.868. The molecule has 1 unspecified atom stereocenters. The van der Waals surface area contributed by atoms with Gasteiger partial charge >= 0.3 is 0 Å². The minimum atomic E-state index is -0.309. The van der Waals surface area contributed by atoms with Crippen LogP contribution >= 0.6 is 11.6 Å². The highest BCUT2D eigenvalue weighted by atomic mass is 35.5. The maximum atomic E-state index is 13.2. The molecule has 1 atom stereocenters. The molecule has 2 fully saturated rings. The molecule has 0 spiro atoms. The van der Waals surface area contributed by atoms with Crippen molar-refractivity contribution in [1.82, 2.24) is 9.88 Å². The van der Waals surface area contributed by atoms with Crippen molar-refractivity contribution in [2.45, 2.75) is 31.2 Å². The van der Waals surface area contributed by atoms with Gasteiger partial charge in [-0.3, -0.25) is 4.90 Å². The first kappa shape index (κ1) is 13.1. The van der Waals surface area contributed by atoms with Crippen LogP contribution in [0.25, 0.3) is 0 Å². The molecule has 0 saturated carbocycles. The summed E-state index contributed by atoms with van der Waals surface area (Å²) in [7, 11) is 0. The molecule has 3 heterocycles. The van der Waals surface area contributed by atoms with Gasteiger partial charge < -0.3 is 4.90 Å². The van der Waals surface area contributed by atoms with Crippen LogP contribution in [0.4, 0.5) is 10.2 Å². The number of pyridine rings is 1. The fraction of sp³-hybridized carbons (Fsp3) is 0.643. The molecule has 1 aromatic heterocycles. The number of hydrogen-bond acceptors (Lipinski definition) is 3. The zero-order valence-electron chi connectivity index (χ0n) is 11.0. The number of aromatic nitrogens is 1. The number of anilines is 1. The minimum absolute atomic E-state index is 0.309. The van der Waals surface area contributed by atoms with Crippen LogP contribution < -0.4 is 4.90 Å². The summed E-state index contributed by atoms with van der Waals surface area (Å²) in [6.07, 6.45) is 4.98. The largest absolute Gasteiger partial charge is 0.355 e. The molecule has 5 heteroatoms. The van der Waals surface area contributed by atoms with E-state index in [2.05, 4.69) is 14.8 Å². The van der Waals surface area contributed by atoms with E-state index >= 15 is 0 Å². The number of hydrogen-bond donors (Lipinski definition) is 0. The topological polar surface area (TPSA) is 19.4 Å². The van der Waals surface area contributed by atoms with E-state index in [1.54, 1.807) is 0 Å². The van der Waals surface area contributed by atoms with Gasteiger partial charge in [-0.15, -0.1) is 11.6 Å². The van der Waals surface area contributed by atoms with Crippen molar-refractivity contribution in [2.24, 2.45) is 0 Å². The van der Waals surface area contributed by atoms with Gasteiger partial charge in [0.25, 0.3) is 0 Å². The van der Waals surface area contributed by atoms with E-state index in [1.807, 2.05) is 0 Å². The van der Waals surface area contributed by atoms with Gasteiger partial charge in [0.1, 0.15) is 11.6 Å². The molecule has 19 heavy (non-hydrogen) atoms. The second-order valence-corrected chi connectivity index (χ2v) is 5.67. The van der Waals surface area contributed by atoms with Crippen molar-refractivity contribution in [1.29, 1.82) is 0 Å². The van der Waals surface area contributed by atoms with E-state index in [1.165, 1.54) is 38.2 Å². The predicted molar refractivity (Wildman–Crippen MR) is 75.2 cm³/mol. The van der Waals surface area contributed by atoms with Crippen molar-refractivity contribution in [3.8, 4) is 0 Å². The zero-order chi connectivity index (χ0) is 13.2. The third-order valence-corrected chi connectivity index (χ3v) is 4.44. The van der Waals surface area contributed by atoms with Gasteiger partial charge in [-0.05, 0) is 31.9 Å². The van der Waals surface area contributed by atoms with Crippen molar-refractivity contribution < 1.29 is 4.39 Å². The van der Waals surface area contributed by atoms with Crippen LogP contribution in [0.3, 0.4) is 0 Å². The summed E-state index contributed by atoms with van der Waals surface area (Å²) < 4.78 is 13.2. The molecule has 104 valence electrons. The number of fused-ring (bicyclic) bond motifs is 1. The maximum absolute atomic E-state index is 13.2. The first-order chi connectivity index (χ1) is 9.28. The number of nitrogens with zero attached hydrogens (tertiary/aromatic N) is 3. The average Bonchev–Trinajstić information content (AvgIpc) is 2.76. The van der Waals surface area contributed by atoms with E-state index < -0.39 is 0 Å². The second kappa shape index (κ2) is 5.63. The van der Waals surface area contributed by atoms with E-state index in [9.17, 15) is 4.39 Å². The van der Waals surface area contributed by atoms with E-state index in [0.717, 1.165) is 30.9 Å². The van der Waals surface area contributed by atoms with Gasteiger partial charge in [0, 0.05) is 31.2 Å². The summed E-state index contributed by atoms with van der Waals surface area (Å²) in [6.45, 7) is 4.36. The van der Waals surface area contributed by atoms with Gasteiger partial charge in [0.15, 0.2) is 0 Å². The molecule has 0 radical (unpaired) electrons. The third kappa shape index (κ3) is 2.70. The molecule has 2 aliphatic rings. The lowest BCUT2D eigenvalue weighted by molar-refractivity contribution is 0.273. The van der Waals surface area contributed by atoms with Crippen molar-refractivity contribution >= 4 is 17.4 Å². The predicted octanol–water partition coefficient (Wildman–Crippen LogP) is 2.63. The Hall–Kier alpha value is -0.870. The van der Waals surface area contributed by atoms with Gasteiger partial charge in [0.05, 0.1) is 12.1 Å². The number of rotatable bonds is 2. The number of alkyl halides is 1. The summed E-state index contributed by atoms with van der Waals surface area (Å²) >= 11 is 5.93. The third-order valence-electron chi connectivity index (χ3n) is 4.16. The van der Waals surface area contributed by atoms with Crippen molar-refractivity contribution in [2.75, 3.05) is 31.1 Å². The summed E-state index contributed by atoms with van der Waals surface area (Å²) in [6, 6.07) is 2.13. The van der Waals surface area contributed by atoms with Crippen molar-refractivity contribution in [3.63, 3.8) is 0 Å². The summed E-state index contributed by atoms with van der Waals surface area (Å²) in [5, 5.41) is 0. The molecule has 2 saturated heterocycles. The van der Waals surface area contributed by atoms with Crippen LogP contribution in [-0.2, 0) is 5.88 Å². The molecule has 0 amide bonds. The lowest BCUT2D eigenvalue weighted by Crippen LogP contribution is -2.37. The van der Waals surface area contributed by atoms with Gasteiger partial charge in [-0.1, -0.05) is 0 Å². The molecule has 0 N–H and O–H groups in total.